The van der Waals surface area contributed by atoms with Crippen molar-refractivity contribution in [2.24, 2.45) is 5.92 Å². The van der Waals surface area contributed by atoms with Crippen LogP contribution in [0.4, 0.5) is 4.39 Å². The summed E-state index contributed by atoms with van der Waals surface area (Å²) >= 11 is 1.37. The van der Waals surface area contributed by atoms with Gasteiger partial charge in [-0.3, -0.25) is 14.5 Å². The van der Waals surface area contributed by atoms with Gasteiger partial charge in [0.05, 0.1) is 6.04 Å². The minimum atomic E-state index is -0.522. The smallest absolute Gasteiger partial charge is 0.212 e. The largest absolute Gasteiger partial charge is 0.297 e. The minimum Gasteiger partial charge on any atom is -0.297 e. The maximum atomic E-state index is 14.3. The van der Waals surface area contributed by atoms with E-state index in [1.54, 1.807) is 24.3 Å². The zero-order valence-corrected chi connectivity index (χ0v) is 15.5. The summed E-state index contributed by atoms with van der Waals surface area (Å²) in [5.74, 6) is -0.114. The van der Waals surface area contributed by atoms with Gasteiger partial charge in [0.25, 0.3) is 0 Å². The highest BCUT2D eigenvalue weighted by Gasteiger charge is 2.42. The molecule has 2 fully saturated rings. The number of rotatable bonds is 4. The second-order valence-electron chi connectivity index (χ2n) is 6.50. The summed E-state index contributed by atoms with van der Waals surface area (Å²) in [6.07, 6.45) is 4.36. The summed E-state index contributed by atoms with van der Waals surface area (Å²) in [4.78, 5) is 26.5. The Kier molecular flexibility index (Phi) is 5.74. The number of likely N-dealkylation sites (tertiary alicyclic amines) is 1. The summed E-state index contributed by atoms with van der Waals surface area (Å²) in [5.41, 5.74) is 1.55. The highest BCUT2D eigenvalue weighted by molar-refractivity contribution is 8.15. The number of Topliss-reactive ketones (excluding diaryl/α,β-unsaturated/α-hetero) is 1. The van der Waals surface area contributed by atoms with Gasteiger partial charge in [0.15, 0.2) is 5.78 Å². The van der Waals surface area contributed by atoms with Crippen LogP contribution in [-0.2, 0) is 9.59 Å². The maximum absolute atomic E-state index is 14.3. The zero-order valence-electron chi connectivity index (χ0n) is 14.7. The van der Waals surface area contributed by atoms with Crippen LogP contribution in [0.2, 0.25) is 0 Å². The third kappa shape index (κ3) is 3.87. The molecule has 1 aromatic carbocycles. The Bertz CT molecular complexity index is 699. The Morgan fingerprint density at radius 2 is 1.96 bits per heavy atom. The van der Waals surface area contributed by atoms with Crippen molar-refractivity contribution >= 4 is 22.7 Å². The molecule has 3 nitrogen and oxygen atoms in total. The van der Waals surface area contributed by atoms with Crippen molar-refractivity contribution in [1.29, 1.82) is 0 Å². The van der Waals surface area contributed by atoms with Crippen molar-refractivity contribution in [1.82, 2.24) is 4.90 Å². The van der Waals surface area contributed by atoms with Gasteiger partial charge < -0.3 is 0 Å². The van der Waals surface area contributed by atoms with Gasteiger partial charge in [-0.15, -0.1) is 0 Å². The standard InChI is InChI=1S/C18H18FNO2S.C2H6/c19-14-4-2-1-3-13(14)17(18(22)11-5-6-11)20-8-7-15-12(10-20)9-16(21)23-15;1-2/h1-4,9,11,15,17H,5-8,10H2;1-2H3. The number of hydrogen-bond acceptors (Lipinski definition) is 4. The molecule has 1 saturated carbocycles. The lowest BCUT2D eigenvalue weighted by Gasteiger charge is -2.37. The fraction of sp³-hybridized carbons (Fsp3) is 0.500. The number of thioether (sulfide) groups is 1. The summed E-state index contributed by atoms with van der Waals surface area (Å²) in [7, 11) is 0. The van der Waals surface area contributed by atoms with Crippen LogP contribution in [0.3, 0.4) is 0 Å². The van der Waals surface area contributed by atoms with E-state index in [9.17, 15) is 14.0 Å². The average molecular weight is 361 g/mol. The van der Waals surface area contributed by atoms with Gasteiger partial charge in [-0.1, -0.05) is 43.8 Å². The lowest BCUT2D eigenvalue weighted by molar-refractivity contribution is -0.126. The molecule has 2 aliphatic heterocycles. The van der Waals surface area contributed by atoms with E-state index in [1.807, 2.05) is 13.8 Å². The molecule has 4 rings (SSSR count). The van der Waals surface area contributed by atoms with Crippen LogP contribution < -0.4 is 0 Å². The molecule has 0 N–H and O–H groups in total. The number of halogens is 1. The average Bonchev–Trinajstić information content (AvgIpc) is 3.40. The quantitative estimate of drug-likeness (QED) is 0.807. The highest BCUT2D eigenvalue weighted by Crippen LogP contribution is 2.41. The highest BCUT2D eigenvalue weighted by atomic mass is 32.2. The van der Waals surface area contributed by atoms with Crippen molar-refractivity contribution in [2.75, 3.05) is 13.1 Å². The van der Waals surface area contributed by atoms with E-state index in [2.05, 4.69) is 4.90 Å². The first kappa shape index (κ1) is 18.3. The molecule has 0 spiro atoms. The van der Waals surface area contributed by atoms with Crippen LogP contribution in [0.1, 0.15) is 44.7 Å². The normalized spacial score (nSPS) is 24.0. The summed E-state index contributed by atoms with van der Waals surface area (Å²) < 4.78 is 14.3. The number of hydrogen-bond donors (Lipinski definition) is 0. The Labute approximate surface area is 152 Å². The first-order valence-corrected chi connectivity index (χ1v) is 9.95. The van der Waals surface area contributed by atoms with E-state index < -0.39 is 6.04 Å². The number of carbonyl (C=O) groups excluding carboxylic acids is 2. The zero-order chi connectivity index (χ0) is 18.0. The molecule has 2 unspecified atom stereocenters. The van der Waals surface area contributed by atoms with Crippen LogP contribution in [0, 0.1) is 11.7 Å². The Balaban J connectivity index is 0.000000880. The third-order valence-corrected chi connectivity index (χ3v) is 6.03. The first-order chi connectivity index (χ1) is 12.1. The predicted octanol–water partition coefficient (Wildman–Crippen LogP) is 4.15. The molecule has 0 aromatic heterocycles. The SMILES string of the molecule is CC.O=C1C=C2CN(C(C(=O)C3CC3)c3ccccc3F)CCC2S1. The molecule has 5 heteroatoms. The molecule has 1 aliphatic carbocycles. The van der Waals surface area contributed by atoms with Gasteiger partial charge >= 0.3 is 0 Å². The van der Waals surface area contributed by atoms with Crippen molar-refractivity contribution in [3.05, 3.63) is 47.3 Å². The van der Waals surface area contributed by atoms with Gasteiger partial charge in [0.1, 0.15) is 5.82 Å². The number of nitrogens with zero attached hydrogens (tertiary/aromatic N) is 1. The van der Waals surface area contributed by atoms with Crippen molar-refractivity contribution in [3.8, 4) is 0 Å². The first-order valence-electron chi connectivity index (χ1n) is 9.07. The maximum Gasteiger partial charge on any atom is 0.212 e. The van der Waals surface area contributed by atoms with Gasteiger partial charge in [0.2, 0.25) is 5.12 Å². The second-order valence-corrected chi connectivity index (χ2v) is 7.71. The Morgan fingerprint density at radius 3 is 2.64 bits per heavy atom. The fourth-order valence-corrected chi connectivity index (χ4v) is 4.54. The summed E-state index contributed by atoms with van der Waals surface area (Å²) in [6.45, 7) is 5.31. The second kappa shape index (κ2) is 7.83. The molecular weight excluding hydrogens is 337 g/mol. The number of carbonyl (C=O) groups is 2. The Hall–Kier alpha value is -1.46. The van der Waals surface area contributed by atoms with Crippen LogP contribution >= 0.6 is 11.8 Å². The van der Waals surface area contributed by atoms with E-state index in [4.69, 9.17) is 0 Å². The van der Waals surface area contributed by atoms with E-state index in [0.717, 1.165) is 31.4 Å². The van der Waals surface area contributed by atoms with Crippen molar-refractivity contribution < 1.29 is 14.0 Å². The van der Waals surface area contributed by atoms with E-state index in [1.165, 1.54) is 17.8 Å². The number of ketones is 1. The number of fused-ring (bicyclic) bond motifs is 1. The molecule has 0 radical (unpaired) electrons. The predicted molar refractivity (Wildman–Crippen MR) is 98.9 cm³/mol. The fourth-order valence-electron chi connectivity index (χ4n) is 3.52. The van der Waals surface area contributed by atoms with E-state index in [0.29, 0.717) is 12.1 Å². The van der Waals surface area contributed by atoms with E-state index >= 15 is 0 Å². The third-order valence-electron chi connectivity index (χ3n) is 4.85. The molecule has 1 saturated heterocycles. The minimum absolute atomic E-state index is 0.0749. The molecule has 1 aromatic rings. The monoisotopic (exact) mass is 361 g/mol. The topological polar surface area (TPSA) is 37.4 Å². The van der Waals surface area contributed by atoms with Gasteiger partial charge in [-0.2, -0.15) is 0 Å². The van der Waals surface area contributed by atoms with Gasteiger partial charge in [-0.25, -0.2) is 4.39 Å². The molecule has 3 aliphatic rings. The lowest BCUT2D eigenvalue weighted by Crippen LogP contribution is -2.42. The molecule has 134 valence electrons. The number of benzene rings is 1. The molecule has 25 heavy (non-hydrogen) atoms. The Morgan fingerprint density at radius 1 is 1.24 bits per heavy atom. The van der Waals surface area contributed by atoms with E-state index in [-0.39, 0.29) is 27.9 Å². The molecule has 2 atom stereocenters. The number of piperidine rings is 1. The molecule has 2 heterocycles. The van der Waals surface area contributed by atoms with Crippen molar-refractivity contribution in [3.63, 3.8) is 0 Å². The summed E-state index contributed by atoms with van der Waals surface area (Å²) in [6, 6.07) is 6.05. The molecular formula is C20H24FNO2S. The molecule has 0 amide bonds. The van der Waals surface area contributed by atoms with Crippen LogP contribution in [0.15, 0.2) is 35.9 Å². The van der Waals surface area contributed by atoms with Gasteiger partial charge in [-0.05, 0) is 37.0 Å². The van der Waals surface area contributed by atoms with Crippen molar-refractivity contribution in [2.45, 2.75) is 44.4 Å². The van der Waals surface area contributed by atoms with Gasteiger partial charge in [0, 0.05) is 29.8 Å². The van der Waals surface area contributed by atoms with Crippen LogP contribution in [-0.4, -0.2) is 34.1 Å². The van der Waals surface area contributed by atoms with Crippen LogP contribution in [0.5, 0.6) is 0 Å². The molecule has 0 bridgehead atoms. The summed E-state index contributed by atoms with van der Waals surface area (Å²) in [5, 5.41) is 0.346. The van der Waals surface area contributed by atoms with Crippen LogP contribution in [0.25, 0.3) is 0 Å². The lowest BCUT2D eigenvalue weighted by atomic mass is 9.94.